The highest BCUT2D eigenvalue weighted by Crippen LogP contribution is 2.34. The lowest BCUT2D eigenvalue weighted by Gasteiger charge is -2.08. The van der Waals surface area contributed by atoms with Crippen molar-refractivity contribution in [3.8, 4) is 11.1 Å². The lowest BCUT2D eigenvalue weighted by atomic mass is 10.0. The van der Waals surface area contributed by atoms with Crippen molar-refractivity contribution in [3.63, 3.8) is 0 Å². The Kier molecular flexibility index (Phi) is 2.43. The van der Waals surface area contributed by atoms with Crippen LogP contribution in [-0.4, -0.2) is 9.78 Å². The summed E-state index contributed by atoms with van der Waals surface area (Å²) in [5, 5.41) is 4.20. The standard InChI is InChI=1S/C13H11F3N2/c14-13(15,16)10-4-1-3-9(7-10)11-8-17-18-6-2-5-12(11)18/h1,3-4,7-8H,2,5-6H2. The minimum absolute atomic E-state index is 0.591. The molecule has 2 nitrogen and oxygen atoms in total. The predicted octanol–water partition coefficient (Wildman–Crippen LogP) is 3.52. The minimum Gasteiger partial charge on any atom is -0.269 e. The molecule has 1 aromatic heterocycles. The molecule has 0 saturated carbocycles. The first-order valence-electron chi connectivity index (χ1n) is 5.78. The second kappa shape index (κ2) is 3.86. The van der Waals surface area contributed by atoms with Crippen LogP contribution in [0.4, 0.5) is 13.2 Å². The first kappa shape index (κ1) is 11.3. The normalized spacial score (nSPS) is 14.8. The summed E-state index contributed by atoms with van der Waals surface area (Å²) in [6.07, 6.45) is -0.753. The summed E-state index contributed by atoms with van der Waals surface area (Å²) in [6.45, 7) is 0.855. The van der Waals surface area contributed by atoms with Crippen LogP contribution in [0.1, 0.15) is 17.7 Å². The van der Waals surface area contributed by atoms with Gasteiger partial charge in [-0.2, -0.15) is 18.3 Å². The highest BCUT2D eigenvalue weighted by Gasteiger charge is 2.30. The van der Waals surface area contributed by atoms with Crippen molar-refractivity contribution in [2.24, 2.45) is 0 Å². The topological polar surface area (TPSA) is 17.8 Å². The molecule has 0 N–H and O–H groups in total. The average molecular weight is 252 g/mol. The van der Waals surface area contributed by atoms with E-state index in [1.54, 1.807) is 12.3 Å². The van der Waals surface area contributed by atoms with Gasteiger partial charge in [0.05, 0.1) is 11.8 Å². The average Bonchev–Trinajstić information content (AvgIpc) is 2.89. The zero-order chi connectivity index (χ0) is 12.8. The van der Waals surface area contributed by atoms with Gasteiger partial charge in [0.25, 0.3) is 0 Å². The molecule has 0 bridgehead atoms. The maximum atomic E-state index is 12.7. The SMILES string of the molecule is FC(F)(F)c1cccc(-c2cnn3c2CCC3)c1. The number of halogens is 3. The molecular formula is C13H11F3N2. The molecule has 0 aliphatic carbocycles. The van der Waals surface area contributed by atoms with Gasteiger partial charge in [-0.3, -0.25) is 4.68 Å². The minimum atomic E-state index is -4.30. The molecule has 0 saturated heterocycles. The number of rotatable bonds is 1. The second-order valence-corrected chi connectivity index (χ2v) is 4.41. The Balaban J connectivity index is 2.07. The molecule has 2 heterocycles. The van der Waals surface area contributed by atoms with Gasteiger partial charge >= 0.3 is 6.18 Å². The molecule has 2 aromatic rings. The number of hydrogen-bond donors (Lipinski definition) is 0. The summed E-state index contributed by atoms with van der Waals surface area (Å²) < 4.78 is 39.9. The molecule has 0 radical (unpaired) electrons. The fourth-order valence-electron chi connectivity index (χ4n) is 2.37. The molecule has 5 heteroatoms. The van der Waals surface area contributed by atoms with Crippen LogP contribution in [0.15, 0.2) is 30.5 Å². The number of nitrogens with zero attached hydrogens (tertiary/aromatic N) is 2. The summed E-state index contributed by atoms with van der Waals surface area (Å²) in [5.41, 5.74) is 1.83. The highest BCUT2D eigenvalue weighted by molar-refractivity contribution is 5.66. The molecule has 0 unspecified atom stereocenters. The molecule has 1 aliphatic heterocycles. The Morgan fingerprint density at radius 1 is 1.22 bits per heavy atom. The molecule has 0 spiro atoms. The number of alkyl halides is 3. The molecular weight excluding hydrogens is 241 g/mol. The maximum Gasteiger partial charge on any atom is 0.416 e. The number of fused-ring (bicyclic) bond motifs is 1. The molecule has 0 fully saturated rings. The van der Waals surface area contributed by atoms with E-state index in [0.29, 0.717) is 5.56 Å². The van der Waals surface area contributed by atoms with E-state index in [9.17, 15) is 13.2 Å². The van der Waals surface area contributed by atoms with Crippen LogP contribution in [0.2, 0.25) is 0 Å². The van der Waals surface area contributed by atoms with Crippen molar-refractivity contribution in [1.29, 1.82) is 0 Å². The zero-order valence-corrected chi connectivity index (χ0v) is 9.54. The molecule has 0 amide bonds. The molecule has 94 valence electrons. The molecule has 3 rings (SSSR count). The summed E-state index contributed by atoms with van der Waals surface area (Å²) in [5.74, 6) is 0. The first-order valence-corrected chi connectivity index (χ1v) is 5.78. The van der Waals surface area contributed by atoms with E-state index in [0.717, 1.165) is 36.7 Å². The maximum absolute atomic E-state index is 12.7. The Morgan fingerprint density at radius 3 is 2.83 bits per heavy atom. The van der Waals surface area contributed by atoms with E-state index in [1.165, 1.54) is 12.1 Å². The smallest absolute Gasteiger partial charge is 0.269 e. The lowest BCUT2D eigenvalue weighted by Crippen LogP contribution is -2.04. The summed E-state index contributed by atoms with van der Waals surface area (Å²) in [4.78, 5) is 0. The van der Waals surface area contributed by atoms with Crippen LogP contribution in [0, 0.1) is 0 Å². The van der Waals surface area contributed by atoms with E-state index < -0.39 is 11.7 Å². The van der Waals surface area contributed by atoms with Gasteiger partial charge in [0.15, 0.2) is 0 Å². The number of hydrogen-bond acceptors (Lipinski definition) is 1. The van der Waals surface area contributed by atoms with Crippen molar-refractivity contribution in [2.45, 2.75) is 25.6 Å². The number of aromatic nitrogens is 2. The molecule has 0 atom stereocenters. The Bertz CT molecular complexity index is 584. The van der Waals surface area contributed by atoms with Gasteiger partial charge < -0.3 is 0 Å². The fraction of sp³-hybridized carbons (Fsp3) is 0.308. The van der Waals surface area contributed by atoms with Gasteiger partial charge in [0, 0.05) is 17.8 Å². The van der Waals surface area contributed by atoms with Crippen molar-refractivity contribution in [1.82, 2.24) is 9.78 Å². The molecule has 18 heavy (non-hydrogen) atoms. The molecule has 1 aliphatic rings. The van der Waals surface area contributed by atoms with Crippen molar-refractivity contribution >= 4 is 0 Å². The van der Waals surface area contributed by atoms with Crippen molar-refractivity contribution in [2.75, 3.05) is 0 Å². The van der Waals surface area contributed by atoms with Crippen LogP contribution >= 0.6 is 0 Å². The van der Waals surface area contributed by atoms with E-state index in [2.05, 4.69) is 5.10 Å². The second-order valence-electron chi connectivity index (χ2n) is 4.41. The van der Waals surface area contributed by atoms with Gasteiger partial charge in [-0.05, 0) is 30.5 Å². The van der Waals surface area contributed by atoms with E-state index in [4.69, 9.17) is 0 Å². The Labute approximate surface area is 102 Å². The fourth-order valence-corrected chi connectivity index (χ4v) is 2.37. The highest BCUT2D eigenvalue weighted by atomic mass is 19.4. The lowest BCUT2D eigenvalue weighted by molar-refractivity contribution is -0.137. The largest absolute Gasteiger partial charge is 0.416 e. The third kappa shape index (κ3) is 1.79. The number of aryl methyl sites for hydroxylation is 1. The van der Waals surface area contributed by atoms with Gasteiger partial charge in [0.2, 0.25) is 0 Å². The van der Waals surface area contributed by atoms with Gasteiger partial charge in [-0.25, -0.2) is 0 Å². The number of benzene rings is 1. The van der Waals surface area contributed by atoms with Crippen molar-refractivity contribution in [3.05, 3.63) is 41.7 Å². The molecule has 1 aromatic carbocycles. The Morgan fingerprint density at radius 2 is 2.06 bits per heavy atom. The van der Waals surface area contributed by atoms with E-state index in [1.807, 2.05) is 4.68 Å². The van der Waals surface area contributed by atoms with Crippen LogP contribution in [0.3, 0.4) is 0 Å². The summed E-state index contributed by atoms with van der Waals surface area (Å²) in [6, 6.07) is 5.42. The third-order valence-corrected chi connectivity index (χ3v) is 3.23. The zero-order valence-electron chi connectivity index (χ0n) is 9.54. The third-order valence-electron chi connectivity index (χ3n) is 3.23. The van der Waals surface area contributed by atoms with Crippen molar-refractivity contribution < 1.29 is 13.2 Å². The van der Waals surface area contributed by atoms with Crippen LogP contribution in [-0.2, 0) is 19.1 Å². The van der Waals surface area contributed by atoms with Gasteiger partial charge in [0.1, 0.15) is 0 Å². The quantitative estimate of drug-likeness (QED) is 0.759. The van der Waals surface area contributed by atoms with Gasteiger partial charge in [-0.1, -0.05) is 12.1 Å². The van der Waals surface area contributed by atoms with E-state index >= 15 is 0 Å². The van der Waals surface area contributed by atoms with Crippen LogP contribution in [0.25, 0.3) is 11.1 Å². The summed E-state index contributed by atoms with van der Waals surface area (Å²) in [7, 11) is 0. The van der Waals surface area contributed by atoms with E-state index in [-0.39, 0.29) is 0 Å². The predicted molar refractivity (Wildman–Crippen MR) is 61.0 cm³/mol. The van der Waals surface area contributed by atoms with Crippen LogP contribution < -0.4 is 0 Å². The summed E-state index contributed by atoms with van der Waals surface area (Å²) >= 11 is 0. The van der Waals surface area contributed by atoms with Gasteiger partial charge in [-0.15, -0.1) is 0 Å². The first-order chi connectivity index (χ1) is 8.55. The Hall–Kier alpha value is -1.78. The van der Waals surface area contributed by atoms with Crippen LogP contribution in [0.5, 0.6) is 0 Å². The monoisotopic (exact) mass is 252 g/mol.